The summed E-state index contributed by atoms with van der Waals surface area (Å²) in [4.78, 5) is 15.5. The van der Waals surface area contributed by atoms with E-state index in [-0.39, 0.29) is 12.6 Å². The SMILES string of the molecule is CN(C)CC1CCC(NC(=O)N(C)CCO)CC1. The van der Waals surface area contributed by atoms with Crippen molar-refractivity contribution in [1.82, 2.24) is 15.1 Å². The molecule has 106 valence electrons. The number of nitrogens with one attached hydrogen (secondary N) is 1. The zero-order valence-corrected chi connectivity index (χ0v) is 11.9. The van der Waals surface area contributed by atoms with Gasteiger partial charge in [0.15, 0.2) is 0 Å². The lowest BCUT2D eigenvalue weighted by Crippen LogP contribution is -2.45. The van der Waals surface area contributed by atoms with E-state index in [1.165, 1.54) is 17.7 Å². The van der Waals surface area contributed by atoms with Crippen LogP contribution in [0.4, 0.5) is 4.79 Å². The first-order valence-corrected chi connectivity index (χ1v) is 6.80. The molecule has 0 radical (unpaired) electrons. The Morgan fingerprint density at radius 1 is 1.22 bits per heavy atom. The Labute approximate surface area is 110 Å². The molecule has 1 fully saturated rings. The molecule has 0 spiro atoms. The van der Waals surface area contributed by atoms with Crippen LogP contribution in [-0.2, 0) is 0 Å². The van der Waals surface area contributed by atoms with Gasteiger partial charge in [-0.3, -0.25) is 0 Å². The lowest BCUT2D eigenvalue weighted by Gasteiger charge is -2.31. The van der Waals surface area contributed by atoms with Crippen LogP contribution in [0.15, 0.2) is 0 Å². The third kappa shape index (κ3) is 5.23. The van der Waals surface area contributed by atoms with E-state index >= 15 is 0 Å². The van der Waals surface area contributed by atoms with E-state index in [9.17, 15) is 4.79 Å². The molecular formula is C13H27N3O2. The molecule has 0 atom stereocenters. The van der Waals surface area contributed by atoms with Crippen LogP contribution >= 0.6 is 0 Å². The first-order chi connectivity index (χ1) is 8.52. The monoisotopic (exact) mass is 257 g/mol. The Kier molecular flexibility index (Phi) is 6.43. The number of aliphatic hydroxyl groups is 1. The van der Waals surface area contributed by atoms with Crippen molar-refractivity contribution < 1.29 is 9.90 Å². The van der Waals surface area contributed by atoms with Crippen molar-refractivity contribution in [3.05, 3.63) is 0 Å². The summed E-state index contributed by atoms with van der Waals surface area (Å²) in [5.74, 6) is 0.767. The lowest BCUT2D eigenvalue weighted by atomic mass is 9.86. The molecule has 18 heavy (non-hydrogen) atoms. The first-order valence-electron chi connectivity index (χ1n) is 6.80. The van der Waals surface area contributed by atoms with Crippen LogP contribution in [0.3, 0.4) is 0 Å². The van der Waals surface area contributed by atoms with Crippen LogP contribution in [0, 0.1) is 5.92 Å². The largest absolute Gasteiger partial charge is 0.395 e. The number of amides is 2. The van der Waals surface area contributed by atoms with Gasteiger partial charge in [-0.05, 0) is 45.7 Å². The normalized spacial score (nSPS) is 24.1. The summed E-state index contributed by atoms with van der Waals surface area (Å²) < 4.78 is 0. The molecule has 5 heteroatoms. The summed E-state index contributed by atoms with van der Waals surface area (Å²) in [5.41, 5.74) is 0. The molecule has 1 aliphatic rings. The Morgan fingerprint density at radius 3 is 2.33 bits per heavy atom. The molecule has 0 bridgehead atoms. The first kappa shape index (κ1) is 15.2. The highest BCUT2D eigenvalue weighted by molar-refractivity contribution is 5.74. The second-order valence-corrected chi connectivity index (χ2v) is 5.57. The molecule has 0 aliphatic heterocycles. The molecule has 2 amide bonds. The van der Waals surface area contributed by atoms with E-state index in [2.05, 4.69) is 24.3 Å². The maximum Gasteiger partial charge on any atom is 0.317 e. The van der Waals surface area contributed by atoms with Crippen molar-refractivity contribution in [2.45, 2.75) is 31.7 Å². The number of urea groups is 1. The molecule has 1 aliphatic carbocycles. The highest BCUT2D eigenvalue weighted by atomic mass is 16.3. The van der Waals surface area contributed by atoms with Gasteiger partial charge in [-0.2, -0.15) is 0 Å². The fourth-order valence-corrected chi connectivity index (χ4v) is 2.54. The molecule has 0 aromatic carbocycles. The molecule has 0 unspecified atom stereocenters. The van der Waals surface area contributed by atoms with Crippen molar-refractivity contribution in [3.8, 4) is 0 Å². The summed E-state index contributed by atoms with van der Waals surface area (Å²) in [6, 6.07) is 0.233. The number of carbonyl (C=O) groups is 1. The quantitative estimate of drug-likeness (QED) is 0.764. The zero-order valence-electron chi connectivity index (χ0n) is 11.9. The van der Waals surface area contributed by atoms with Gasteiger partial charge in [-0.25, -0.2) is 4.79 Å². The average Bonchev–Trinajstić information content (AvgIpc) is 2.31. The van der Waals surface area contributed by atoms with Gasteiger partial charge in [0.05, 0.1) is 6.61 Å². The number of hydrogen-bond donors (Lipinski definition) is 2. The van der Waals surface area contributed by atoms with Crippen molar-refractivity contribution >= 4 is 6.03 Å². The second-order valence-electron chi connectivity index (χ2n) is 5.57. The summed E-state index contributed by atoms with van der Waals surface area (Å²) in [5, 5.41) is 11.8. The van der Waals surface area contributed by atoms with E-state index < -0.39 is 0 Å². The van der Waals surface area contributed by atoms with Gasteiger partial charge in [0, 0.05) is 26.2 Å². The van der Waals surface area contributed by atoms with E-state index in [1.807, 2.05) is 0 Å². The number of likely N-dealkylation sites (N-methyl/N-ethyl adjacent to an activating group) is 1. The summed E-state index contributed by atoms with van der Waals surface area (Å²) in [6.45, 7) is 1.55. The predicted molar refractivity (Wildman–Crippen MR) is 72.5 cm³/mol. The standard InChI is InChI=1S/C13H27N3O2/c1-15(2)10-11-4-6-12(7-5-11)14-13(18)16(3)8-9-17/h11-12,17H,4-10H2,1-3H3,(H,14,18). The second kappa shape index (κ2) is 7.59. The molecule has 0 aromatic rings. The van der Waals surface area contributed by atoms with E-state index in [0.717, 1.165) is 25.3 Å². The summed E-state index contributed by atoms with van der Waals surface area (Å²) >= 11 is 0. The molecule has 0 heterocycles. The maximum atomic E-state index is 11.8. The van der Waals surface area contributed by atoms with E-state index in [0.29, 0.717) is 12.6 Å². The minimum Gasteiger partial charge on any atom is -0.395 e. The van der Waals surface area contributed by atoms with Crippen molar-refractivity contribution in [1.29, 1.82) is 0 Å². The average molecular weight is 257 g/mol. The van der Waals surface area contributed by atoms with Gasteiger partial charge in [0.2, 0.25) is 0 Å². The van der Waals surface area contributed by atoms with Gasteiger partial charge in [0.25, 0.3) is 0 Å². The minimum atomic E-state index is -0.0693. The summed E-state index contributed by atoms with van der Waals surface area (Å²) in [7, 11) is 5.93. The van der Waals surface area contributed by atoms with Crippen LogP contribution in [0.5, 0.6) is 0 Å². The van der Waals surface area contributed by atoms with Gasteiger partial charge in [0.1, 0.15) is 0 Å². The number of rotatable bonds is 5. The lowest BCUT2D eigenvalue weighted by molar-refractivity contribution is 0.178. The van der Waals surface area contributed by atoms with Crippen LogP contribution in [0.1, 0.15) is 25.7 Å². The predicted octanol–water partition coefficient (Wildman–Crippen LogP) is 0.740. The highest BCUT2D eigenvalue weighted by Gasteiger charge is 2.23. The molecule has 1 saturated carbocycles. The molecule has 0 saturated heterocycles. The molecule has 5 nitrogen and oxygen atoms in total. The molecule has 1 rings (SSSR count). The van der Waals surface area contributed by atoms with Crippen LogP contribution in [-0.4, -0.2) is 67.8 Å². The smallest absolute Gasteiger partial charge is 0.317 e. The maximum absolute atomic E-state index is 11.8. The van der Waals surface area contributed by atoms with Crippen molar-refractivity contribution in [2.24, 2.45) is 5.92 Å². The Hall–Kier alpha value is -0.810. The van der Waals surface area contributed by atoms with Crippen molar-refractivity contribution in [3.63, 3.8) is 0 Å². The van der Waals surface area contributed by atoms with Gasteiger partial charge in [-0.1, -0.05) is 0 Å². The third-order valence-electron chi connectivity index (χ3n) is 3.58. The van der Waals surface area contributed by atoms with E-state index in [1.54, 1.807) is 7.05 Å². The minimum absolute atomic E-state index is 0.0134. The van der Waals surface area contributed by atoms with Crippen LogP contribution < -0.4 is 5.32 Å². The third-order valence-corrected chi connectivity index (χ3v) is 3.58. The van der Waals surface area contributed by atoms with Crippen LogP contribution in [0.2, 0.25) is 0 Å². The Balaban J connectivity index is 2.24. The van der Waals surface area contributed by atoms with Crippen LogP contribution in [0.25, 0.3) is 0 Å². The van der Waals surface area contributed by atoms with Gasteiger partial charge >= 0.3 is 6.03 Å². The Morgan fingerprint density at radius 2 is 1.83 bits per heavy atom. The molecule has 2 N–H and O–H groups in total. The molecular weight excluding hydrogens is 230 g/mol. The number of carbonyl (C=O) groups excluding carboxylic acids is 1. The fourth-order valence-electron chi connectivity index (χ4n) is 2.54. The van der Waals surface area contributed by atoms with Gasteiger partial charge < -0.3 is 20.2 Å². The van der Waals surface area contributed by atoms with Gasteiger partial charge in [-0.15, -0.1) is 0 Å². The number of aliphatic hydroxyl groups excluding tert-OH is 1. The highest BCUT2D eigenvalue weighted by Crippen LogP contribution is 2.24. The molecule has 0 aromatic heterocycles. The van der Waals surface area contributed by atoms with E-state index in [4.69, 9.17) is 5.11 Å². The fraction of sp³-hybridized carbons (Fsp3) is 0.923. The Bertz CT molecular complexity index is 251. The topological polar surface area (TPSA) is 55.8 Å². The number of nitrogens with zero attached hydrogens (tertiary/aromatic N) is 2. The summed E-state index contributed by atoms with van der Waals surface area (Å²) in [6.07, 6.45) is 4.51. The zero-order chi connectivity index (χ0) is 13.5. The number of hydrogen-bond acceptors (Lipinski definition) is 3. The van der Waals surface area contributed by atoms with Crippen molar-refractivity contribution in [2.75, 3.05) is 40.8 Å².